The number of carbonyl (C=O) groups is 4. The third-order valence-corrected chi connectivity index (χ3v) is 7.64. The van der Waals surface area contributed by atoms with Crippen LogP contribution in [0.25, 0.3) is 0 Å². The first-order chi connectivity index (χ1) is 16.3. The van der Waals surface area contributed by atoms with E-state index in [0.717, 1.165) is 18.4 Å². The van der Waals surface area contributed by atoms with Gasteiger partial charge in [0, 0.05) is 18.5 Å². The summed E-state index contributed by atoms with van der Waals surface area (Å²) in [5.74, 6) is -1.21. The van der Waals surface area contributed by atoms with Crippen molar-refractivity contribution in [3.63, 3.8) is 0 Å². The molecular formula is C26H29N3O5. The Bertz CT molecular complexity index is 1110. The fourth-order valence-corrected chi connectivity index (χ4v) is 5.55. The molecule has 3 aliphatic carbocycles. The Kier molecular flexibility index (Phi) is 5.54. The number of allylic oxidation sites excluding steroid dienone is 2. The van der Waals surface area contributed by atoms with Gasteiger partial charge in [-0.2, -0.15) is 0 Å². The van der Waals surface area contributed by atoms with Gasteiger partial charge in [0.25, 0.3) is 5.91 Å². The number of carbonyl (C=O) groups excluding carboxylic acids is 4. The normalized spacial score (nSPS) is 26.6. The second-order valence-electron chi connectivity index (χ2n) is 9.83. The Balaban J connectivity index is 1.33. The van der Waals surface area contributed by atoms with E-state index in [0.29, 0.717) is 30.9 Å². The quantitative estimate of drug-likeness (QED) is 0.624. The molecule has 8 nitrogen and oxygen atoms in total. The van der Waals surface area contributed by atoms with E-state index in [1.807, 2.05) is 35.2 Å². The standard InChI is InChI=1S/C26H29N3O5/c1-16(18-7-8-18)29(13-17-5-3-2-4-6-17)22(30)14-28-15-26(34-25(28)33)12-11-19-21(26)10-9-20(23(19)31)24(27)32/h2-6,9-10,16,18-19H,7-8,11-15H2,1H3,(H2,27,32). The minimum Gasteiger partial charge on any atom is -0.436 e. The van der Waals surface area contributed by atoms with E-state index in [-0.39, 0.29) is 36.4 Å². The molecule has 0 radical (unpaired) electrons. The molecule has 4 aliphatic rings. The molecule has 2 saturated carbocycles. The number of nitrogens with two attached hydrogens (primary N) is 1. The van der Waals surface area contributed by atoms with Crippen LogP contribution < -0.4 is 5.73 Å². The van der Waals surface area contributed by atoms with Crippen molar-refractivity contribution in [1.29, 1.82) is 0 Å². The predicted octanol–water partition coefficient (Wildman–Crippen LogP) is 2.34. The maximum absolute atomic E-state index is 13.4. The number of amides is 3. The lowest BCUT2D eigenvalue weighted by Crippen LogP contribution is -2.46. The Hall–Kier alpha value is -3.42. The van der Waals surface area contributed by atoms with E-state index < -0.39 is 23.5 Å². The first-order valence-electron chi connectivity index (χ1n) is 11.9. The van der Waals surface area contributed by atoms with Crippen LogP contribution in [0.2, 0.25) is 0 Å². The van der Waals surface area contributed by atoms with E-state index in [4.69, 9.17) is 10.5 Å². The number of hydrogen-bond acceptors (Lipinski definition) is 5. The Morgan fingerprint density at radius 2 is 1.91 bits per heavy atom. The highest BCUT2D eigenvalue weighted by Gasteiger charge is 2.56. The van der Waals surface area contributed by atoms with Gasteiger partial charge >= 0.3 is 6.09 Å². The number of nitrogens with zero attached hydrogens (tertiary/aromatic N) is 2. The average molecular weight is 464 g/mol. The van der Waals surface area contributed by atoms with Crippen LogP contribution in [0.1, 0.15) is 38.2 Å². The van der Waals surface area contributed by atoms with Gasteiger partial charge in [0.15, 0.2) is 11.4 Å². The first kappa shape index (κ1) is 22.4. The third-order valence-electron chi connectivity index (χ3n) is 7.64. The second kappa shape index (κ2) is 8.42. The summed E-state index contributed by atoms with van der Waals surface area (Å²) in [4.78, 5) is 53.8. The highest BCUT2D eigenvalue weighted by Crippen LogP contribution is 2.48. The van der Waals surface area contributed by atoms with Crippen molar-refractivity contribution in [2.45, 2.75) is 50.8 Å². The van der Waals surface area contributed by atoms with Crippen LogP contribution in [0.3, 0.4) is 0 Å². The van der Waals surface area contributed by atoms with Gasteiger partial charge in [-0.25, -0.2) is 4.79 Å². The summed E-state index contributed by atoms with van der Waals surface area (Å²) in [6.45, 7) is 2.71. The number of primary amides is 1. The van der Waals surface area contributed by atoms with Crippen molar-refractivity contribution in [2.75, 3.05) is 13.1 Å². The molecule has 1 aliphatic heterocycles. The molecule has 1 heterocycles. The summed E-state index contributed by atoms with van der Waals surface area (Å²) in [6, 6.07) is 9.94. The van der Waals surface area contributed by atoms with Gasteiger partial charge in [0.1, 0.15) is 6.54 Å². The molecule has 1 spiro atoms. The van der Waals surface area contributed by atoms with Crippen molar-refractivity contribution in [3.05, 3.63) is 59.2 Å². The molecule has 1 aromatic carbocycles. The molecule has 3 unspecified atom stereocenters. The maximum Gasteiger partial charge on any atom is 0.411 e. The zero-order valence-corrected chi connectivity index (χ0v) is 19.2. The van der Waals surface area contributed by atoms with E-state index in [9.17, 15) is 19.2 Å². The monoisotopic (exact) mass is 463 g/mol. The lowest BCUT2D eigenvalue weighted by atomic mass is 9.83. The molecular weight excluding hydrogens is 434 g/mol. The molecule has 1 aromatic rings. The lowest BCUT2D eigenvalue weighted by Gasteiger charge is -2.31. The number of rotatable bonds is 7. The highest BCUT2D eigenvalue weighted by atomic mass is 16.6. The fourth-order valence-electron chi connectivity index (χ4n) is 5.55. The maximum atomic E-state index is 13.4. The number of Topliss-reactive ketones (excluding diaryl/α,β-unsaturated/α-hetero) is 1. The molecule has 3 atom stereocenters. The minimum absolute atomic E-state index is 0.0206. The summed E-state index contributed by atoms with van der Waals surface area (Å²) < 4.78 is 5.81. The van der Waals surface area contributed by atoms with Gasteiger partial charge in [-0.05, 0) is 55.7 Å². The van der Waals surface area contributed by atoms with Crippen LogP contribution in [0.4, 0.5) is 4.79 Å². The van der Waals surface area contributed by atoms with Gasteiger partial charge in [-0.1, -0.05) is 36.4 Å². The molecule has 2 N–H and O–H groups in total. The number of ether oxygens (including phenoxy) is 1. The number of fused-ring (bicyclic) bond motifs is 2. The Morgan fingerprint density at radius 3 is 2.59 bits per heavy atom. The van der Waals surface area contributed by atoms with E-state index >= 15 is 0 Å². The fraction of sp³-hybridized carbons (Fsp3) is 0.462. The van der Waals surface area contributed by atoms with Crippen LogP contribution in [-0.4, -0.2) is 58.2 Å². The molecule has 8 heteroatoms. The van der Waals surface area contributed by atoms with Crippen molar-refractivity contribution >= 4 is 23.7 Å². The van der Waals surface area contributed by atoms with Gasteiger partial charge in [-0.15, -0.1) is 0 Å². The van der Waals surface area contributed by atoms with Crippen LogP contribution in [0.15, 0.2) is 53.6 Å². The lowest BCUT2D eigenvalue weighted by molar-refractivity contribution is -0.135. The third kappa shape index (κ3) is 3.91. The van der Waals surface area contributed by atoms with Crippen molar-refractivity contribution in [2.24, 2.45) is 17.6 Å². The molecule has 3 fully saturated rings. The van der Waals surface area contributed by atoms with Gasteiger partial charge < -0.3 is 15.4 Å². The molecule has 0 aromatic heterocycles. The van der Waals surface area contributed by atoms with Crippen LogP contribution >= 0.6 is 0 Å². The van der Waals surface area contributed by atoms with Crippen LogP contribution in [0, 0.1) is 11.8 Å². The minimum atomic E-state index is -0.941. The second-order valence-corrected chi connectivity index (χ2v) is 9.83. The predicted molar refractivity (Wildman–Crippen MR) is 123 cm³/mol. The van der Waals surface area contributed by atoms with Gasteiger partial charge in [-0.3, -0.25) is 19.3 Å². The summed E-state index contributed by atoms with van der Waals surface area (Å²) >= 11 is 0. The molecule has 0 bridgehead atoms. The zero-order chi connectivity index (χ0) is 24.0. The first-order valence-corrected chi connectivity index (χ1v) is 11.9. The van der Waals surface area contributed by atoms with Crippen LogP contribution in [0.5, 0.6) is 0 Å². The number of hydrogen-bond donors (Lipinski definition) is 1. The topological polar surface area (TPSA) is 110 Å². The summed E-state index contributed by atoms with van der Waals surface area (Å²) in [6.07, 6.45) is 5.73. The molecule has 34 heavy (non-hydrogen) atoms. The summed E-state index contributed by atoms with van der Waals surface area (Å²) in [7, 11) is 0. The SMILES string of the molecule is CC(C1CC1)N(Cc1ccccc1)C(=O)CN1CC2(CCC3C(=O)C(C(N)=O)=CC=C32)OC1=O. The Labute approximate surface area is 198 Å². The number of benzene rings is 1. The molecule has 178 valence electrons. The Morgan fingerprint density at radius 1 is 1.18 bits per heavy atom. The largest absolute Gasteiger partial charge is 0.436 e. The number of ketones is 1. The molecule has 1 saturated heterocycles. The smallest absolute Gasteiger partial charge is 0.411 e. The van der Waals surface area contributed by atoms with Crippen molar-refractivity contribution < 1.29 is 23.9 Å². The summed E-state index contributed by atoms with van der Waals surface area (Å²) in [5, 5.41) is 0. The van der Waals surface area contributed by atoms with Gasteiger partial charge in [0.05, 0.1) is 12.1 Å². The summed E-state index contributed by atoms with van der Waals surface area (Å²) in [5.41, 5.74) is 6.10. The van der Waals surface area contributed by atoms with E-state index in [1.54, 1.807) is 6.08 Å². The average Bonchev–Trinajstić information content (AvgIpc) is 3.54. The van der Waals surface area contributed by atoms with Crippen LogP contribution in [-0.2, 0) is 25.7 Å². The molecule has 5 rings (SSSR count). The zero-order valence-electron chi connectivity index (χ0n) is 19.2. The van der Waals surface area contributed by atoms with Gasteiger partial charge in [0.2, 0.25) is 5.91 Å². The van der Waals surface area contributed by atoms with E-state index in [1.165, 1.54) is 11.0 Å². The van der Waals surface area contributed by atoms with Crippen molar-refractivity contribution in [3.8, 4) is 0 Å². The van der Waals surface area contributed by atoms with E-state index in [2.05, 4.69) is 6.92 Å². The van der Waals surface area contributed by atoms with Crippen molar-refractivity contribution in [1.82, 2.24) is 9.80 Å². The highest BCUT2D eigenvalue weighted by molar-refractivity contribution is 6.21. The molecule has 3 amide bonds.